The topological polar surface area (TPSA) is 68.0 Å². The molecule has 15 heavy (non-hydrogen) atoms. The molecule has 4 nitrogen and oxygen atoms in total. The summed E-state index contributed by atoms with van der Waals surface area (Å²) in [6.45, 7) is 1.67. The molecule has 1 atom stereocenters. The van der Waals surface area contributed by atoms with Crippen LogP contribution in [0.25, 0.3) is 0 Å². The van der Waals surface area contributed by atoms with Crippen LogP contribution in [0.2, 0.25) is 0 Å². The fourth-order valence-corrected chi connectivity index (χ4v) is 2.68. The molecule has 5 heteroatoms. The molecule has 1 heterocycles. The summed E-state index contributed by atoms with van der Waals surface area (Å²) in [5.74, 6) is -0.166. The normalized spacial score (nSPS) is 16.9. The van der Waals surface area contributed by atoms with Gasteiger partial charge in [-0.05, 0) is 32.6 Å². The van der Waals surface area contributed by atoms with E-state index in [1.165, 1.54) is 17.7 Å². The van der Waals surface area contributed by atoms with Crippen LogP contribution in [0, 0.1) is 0 Å². The molecule has 0 bridgehead atoms. The van der Waals surface area contributed by atoms with E-state index in [1.54, 1.807) is 18.3 Å². The SMILES string of the molecule is CC(N)C(=O)Nc1nc2c(s1)CCCC2. The molecular weight excluding hydrogens is 210 g/mol. The lowest BCUT2D eigenvalue weighted by atomic mass is 10.0. The van der Waals surface area contributed by atoms with Crippen molar-refractivity contribution in [2.24, 2.45) is 5.73 Å². The molecule has 0 aromatic carbocycles. The lowest BCUT2D eigenvalue weighted by Crippen LogP contribution is -2.32. The molecule has 1 aliphatic rings. The molecule has 82 valence electrons. The summed E-state index contributed by atoms with van der Waals surface area (Å²) in [4.78, 5) is 17.1. The minimum absolute atomic E-state index is 0.166. The van der Waals surface area contributed by atoms with Crippen molar-refractivity contribution in [3.63, 3.8) is 0 Å². The third kappa shape index (κ3) is 2.35. The number of amides is 1. The number of nitrogens with one attached hydrogen (secondary N) is 1. The Balaban J connectivity index is 2.09. The predicted octanol–water partition coefficient (Wildman–Crippen LogP) is 1.31. The first-order valence-electron chi connectivity index (χ1n) is 5.22. The maximum absolute atomic E-state index is 11.4. The quantitative estimate of drug-likeness (QED) is 0.797. The van der Waals surface area contributed by atoms with Gasteiger partial charge in [0.15, 0.2) is 5.13 Å². The molecule has 0 aliphatic heterocycles. The summed E-state index contributed by atoms with van der Waals surface area (Å²) in [6, 6.07) is -0.481. The number of anilines is 1. The smallest absolute Gasteiger partial charge is 0.242 e. The van der Waals surface area contributed by atoms with Gasteiger partial charge in [-0.25, -0.2) is 4.98 Å². The molecular formula is C10H15N3OS. The third-order valence-corrected chi connectivity index (χ3v) is 3.56. The second-order valence-electron chi connectivity index (χ2n) is 3.87. The Hall–Kier alpha value is -0.940. The van der Waals surface area contributed by atoms with Crippen LogP contribution in [0.15, 0.2) is 0 Å². The molecule has 0 fully saturated rings. The van der Waals surface area contributed by atoms with Crippen molar-refractivity contribution in [3.8, 4) is 0 Å². The van der Waals surface area contributed by atoms with Crippen LogP contribution in [0.5, 0.6) is 0 Å². The summed E-state index contributed by atoms with van der Waals surface area (Å²) in [5, 5.41) is 3.44. The van der Waals surface area contributed by atoms with Gasteiger partial charge in [0.1, 0.15) is 0 Å². The van der Waals surface area contributed by atoms with Crippen molar-refractivity contribution in [2.75, 3.05) is 5.32 Å². The van der Waals surface area contributed by atoms with E-state index in [2.05, 4.69) is 10.3 Å². The van der Waals surface area contributed by atoms with Crippen LogP contribution in [0.1, 0.15) is 30.3 Å². The van der Waals surface area contributed by atoms with Gasteiger partial charge in [0, 0.05) is 4.88 Å². The summed E-state index contributed by atoms with van der Waals surface area (Å²) < 4.78 is 0. The Morgan fingerprint density at radius 2 is 2.27 bits per heavy atom. The van der Waals surface area contributed by atoms with Crippen LogP contribution in [0.4, 0.5) is 5.13 Å². The first-order chi connectivity index (χ1) is 7.16. The Morgan fingerprint density at radius 3 is 2.93 bits per heavy atom. The minimum atomic E-state index is -0.481. The van der Waals surface area contributed by atoms with Crippen molar-refractivity contribution in [3.05, 3.63) is 10.6 Å². The van der Waals surface area contributed by atoms with Crippen molar-refractivity contribution in [1.82, 2.24) is 4.98 Å². The predicted molar refractivity (Wildman–Crippen MR) is 61.0 cm³/mol. The standard InChI is InChI=1S/C10H15N3OS/c1-6(11)9(14)13-10-12-7-4-2-3-5-8(7)15-10/h6H,2-5,11H2,1H3,(H,12,13,14). The van der Waals surface area contributed by atoms with E-state index in [0.717, 1.165) is 18.5 Å². The van der Waals surface area contributed by atoms with Gasteiger partial charge < -0.3 is 11.1 Å². The summed E-state index contributed by atoms with van der Waals surface area (Å²) >= 11 is 1.58. The molecule has 2 rings (SSSR count). The maximum atomic E-state index is 11.4. The average molecular weight is 225 g/mol. The molecule has 1 aromatic heterocycles. The van der Waals surface area contributed by atoms with E-state index >= 15 is 0 Å². The summed E-state index contributed by atoms with van der Waals surface area (Å²) in [7, 11) is 0. The maximum Gasteiger partial charge on any atom is 0.242 e. The van der Waals surface area contributed by atoms with Gasteiger partial charge in [-0.1, -0.05) is 0 Å². The van der Waals surface area contributed by atoms with Gasteiger partial charge in [-0.3, -0.25) is 4.79 Å². The molecule has 1 aliphatic carbocycles. The highest BCUT2D eigenvalue weighted by molar-refractivity contribution is 7.15. The van der Waals surface area contributed by atoms with Gasteiger partial charge in [-0.15, -0.1) is 11.3 Å². The number of aryl methyl sites for hydroxylation is 2. The van der Waals surface area contributed by atoms with E-state index in [1.807, 2.05) is 0 Å². The molecule has 1 aromatic rings. The van der Waals surface area contributed by atoms with Gasteiger partial charge >= 0.3 is 0 Å². The fraction of sp³-hybridized carbons (Fsp3) is 0.600. The number of fused-ring (bicyclic) bond motifs is 1. The second-order valence-corrected chi connectivity index (χ2v) is 4.96. The van der Waals surface area contributed by atoms with E-state index in [9.17, 15) is 4.79 Å². The van der Waals surface area contributed by atoms with Gasteiger partial charge in [0.2, 0.25) is 5.91 Å². The highest BCUT2D eigenvalue weighted by atomic mass is 32.1. The monoisotopic (exact) mass is 225 g/mol. The van der Waals surface area contributed by atoms with Gasteiger partial charge in [0.25, 0.3) is 0 Å². The molecule has 0 spiro atoms. The van der Waals surface area contributed by atoms with Crippen LogP contribution >= 0.6 is 11.3 Å². The highest BCUT2D eigenvalue weighted by Crippen LogP contribution is 2.29. The molecule has 1 amide bonds. The Morgan fingerprint density at radius 1 is 1.53 bits per heavy atom. The number of rotatable bonds is 2. The zero-order valence-corrected chi connectivity index (χ0v) is 9.56. The number of nitrogens with zero attached hydrogens (tertiary/aromatic N) is 1. The molecule has 3 N–H and O–H groups in total. The zero-order chi connectivity index (χ0) is 10.8. The van der Waals surface area contributed by atoms with E-state index in [4.69, 9.17) is 5.73 Å². The van der Waals surface area contributed by atoms with E-state index in [-0.39, 0.29) is 5.91 Å². The van der Waals surface area contributed by atoms with Crippen LogP contribution in [0.3, 0.4) is 0 Å². The molecule has 0 saturated carbocycles. The number of carbonyl (C=O) groups excluding carboxylic acids is 1. The minimum Gasteiger partial charge on any atom is -0.320 e. The van der Waals surface area contributed by atoms with E-state index < -0.39 is 6.04 Å². The molecule has 0 saturated heterocycles. The summed E-state index contributed by atoms with van der Waals surface area (Å²) in [5.41, 5.74) is 6.63. The number of thiazole rings is 1. The average Bonchev–Trinajstić information content (AvgIpc) is 2.59. The van der Waals surface area contributed by atoms with Crippen molar-refractivity contribution >= 4 is 22.4 Å². The largest absolute Gasteiger partial charge is 0.320 e. The number of carbonyl (C=O) groups is 1. The number of hydrogen-bond acceptors (Lipinski definition) is 4. The van der Waals surface area contributed by atoms with Gasteiger partial charge in [0.05, 0.1) is 11.7 Å². The fourth-order valence-electron chi connectivity index (χ4n) is 1.62. The van der Waals surface area contributed by atoms with Crippen LogP contribution in [-0.2, 0) is 17.6 Å². The van der Waals surface area contributed by atoms with Gasteiger partial charge in [-0.2, -0.15) is 0 Å². The highest BCUT2D eigenvalue weighted by Gasteiger charge is 2.17. The Labute approximate surface area is 92.9 Å². The Kier molecular flexibility index (Phi) is 3.02. The van der Waals surface area contributed by atoms with E-state index in [0.29, 0.717) is 5.13 Å². The number of nitrogens with two attached hydrogens (primary N) is 1. The number of aromatic nitrogens is 1. The second kappa shape index (κ2) is 4.28. The van der Waals surface area contributed by atoms with Crippen LogP contribution < -0.4 is 11.1 Å². The zero-order valence-electron chi connectivity index (χ0n) is 8.75. The van der Waals surface area contributed by atoms with Crippen LogP contribution in [-0.4, -0.2) is 16.9 Å². The first-order valence-corrected chi connectivity index (χ1v) is 6.03. The number of hydrogen-bond donors (Lipinski definition) is 2. The molecule has 0 radical (unpaired) electrons. The van der Waals surface area contributed by atoms with Crippen molar-refractivity contribution < 1.29 is 4.79 Å². The first kappa shape index (κ1) is 10.6. The lowest BCUT2D eigenvalue weighted by Gasteiger charge is -2.06. The van der Waals surface area contributed by atoms with Crippen molar-refractivity contribution in [2.45, 2.75) is 38.6 Å². The summed E-state index contributed by atoms with van der Waals surface area (Å²) in [6.07, 6.45) is 4.58. The Bertz CT molecular complexity index is 349. The van der Waals surface area contributed by atoms with Crippen molar-refractivity contribution in [1.29, 1.82) is 0 Å². The lowest BCUT2D eigenvalue weighted by molar-refractivity contribution is -0.117. The third-order valence-electron chi connectivity index (χ3n) is 2.49. The molecule has 1 unspecified atom stereocenters.